The molecule has 3 atom stereocenters. The van der Waals surface area contributed by atoms with Gasteiger partial charge in [-0.3, -0.25) is 9.69 Å². The Balaban J connectivity index is 1.76. The standard InChI is InChI=1S/C14H25N3O4/c1-14(21,8-12(18)19)9-15-13(20)16-10-5-7-17-6-3-2-4-11(10)17/h10-11,21H,2-9H2,1H3,(H,18,19)(H2,15,16,20). The number of hydrogen-bond acceptors (Lipinski definition) is 4. The molecule has 2 fully saturated rings. The topological polar surface area (TPSA) is 102 Å². The van der Waals surface area contributed by atoms with E-state index in [1.54, 1.807) is 0 Å². The van der Waals surface area contributed by atoms with Gasteiger partial charge in [-0.1, -0.05) is 6.42 Å². The Hall–Kier alpha value is -1.34. The van der Waals surface area contributed by atoms with E-state index in [-0.39, 0.29) is 18.6 Å². The van der Waals surface area contributed by atoms with Gasteiger partial charge in [0.15, 0.2) is 0 Å². The number of hydrogen-bond donors (Lipinski definition) is 4. The summed E-state index contributed by atoms with van der Waals surface area (Å²) in [5, 5.41) is 24.1. The molecule has 0 radical (unpaired) electrons. The molecule has 0 spiro atoms. The minimum Gasteiger partial charge on any atom is -0.481 e. The summed E-state index contributed by atoms with van der Waals surface area (Å²) in [6.07, 6.45) is 4.10. The van der Waals surface area contributed by atoms with Crippen molar-refractivity contribution in [3.63, 3.8) is 0 Å². The molecule has 0 aromatic heterocycles. The number of aliphatic carboxylic acids is 1. The van der Waals surface area contributed by atoms with Gasteiger partial charge >= 0.3 is 12.0 Å². The molecule has 3 unspecified atom stereocenters. The van der Waals surface area contributed by atoms with E-state index in [4.69, 9.17) is 5.11 Å². The molecule has 0 aromatic rings. The highest BCUT2D eigenvalue weighted by atomic mass is 16.4. The lowest BCUT2D eigenvalue weighted by Crippen LogP contribution is -2.52. The zero-order valence-corrected chi connectivity index (χ0v) is 12.5. The van der Waals surface area contributed by atoms with E-state index in [9.17, 15) is 14.7 Å². The average molecular weight is 299 g/mol. The lowest BCUT2D eigenvalue weighted by molar-refractivity contribution is -0.141. The Morgan fingerprint density at radius 3 is 2.76 bits per heavy atom. The summed E-state index contributed by atoms with van der Waals surface area (Å²) in [6.45, 7) is 3.45. The molecule has 0 bridgehead atoms. The van der Waals surface area contributed by atoms with Crippen molar-refractivity contribution in [2.75, 3.05) is 19.6 Å². The second-order valence-corrected chi connectivity index (χ2v) is 6.39. The molecule has 2 aliphatic heterocycles. The maximum absolute atomic E-state index is 11.9. The summed E-state index contributed by atoms with van der Waals surface area (Å²) < 4.78 is 0. The van der Waals surface area contributed by atoms with Gasteiger partial charge in [-0.05, 0) is 32.7 Å². The smallest absolute Gasteiger partial charge is 0.315 e. The third kappa shape index (κ3) is 4.57. The number of rotatable bonds is 5. The fraction of sp³-hybridized carbons (Fsp3) is 0.857. The van der Waals surface area contributed by atoms with Crippen LogP contribution >= 0.6 is 0 Å². The first kappa shape index (κ1) is 16.0. The van der Waals surface area contributed by atoms with Crippen molar-refractivity contribution in [2.24, 2.45) is 0 Å². The van der Waals surface area contributed by atoms with E-state index in [1.807, 2.05) is 0 Å². The second kappa shape index (κ2) is 6.62. The summed E-state index contributed by atoms with van der Waals surface area (Å²) >= 11 is 0. The van der Waals surface area contributed by atoms with Crippen LogP contribution in [0.5, 0.6) is 0 Å². The first-order valence-corrected chi connectivity index (χ1v) is 7.60. The monoisotopic (exact) mass is 299 g/mol. The van der Waals surface area contributed by atoms with E-state index < -0.39 is 18.0 Å². The van der Waals surface area contributed by atoms with Gasteiger partial charge in [-0.2, -0.15) is 0 Å². The van der Waals surface area contributed by atoms with Crippen LogP contribution in [0.4, 0.5) is 4.79 Å². The number of nitrogens with one attached hydrogen (secondary N) is 2. The first-order valence-electron chi connectivity index (χ1n) is 7.60. The molecule has 2 rings (SSSR count). The molecule has 120 valence electrons. The van der Waals surface area contributed by atoms with Gasteiger partial charge in [0, 0.05) is 25.2 Å². The molecule has 2 saturated heterocycles. The molecule has 2 amide bonds. The largest absolute Gasteiger partial charge is 0.481 e. The van der Waals surface area contributed by atoms with Crippen LogP contribution in [0, 0.1) is 0 Å². The molecule has 21 heavy (non-hydrogen) atoms. The molecule has 7 heteroatoms. The van der Waals surface area contributed by atoms with Crippen LogP contribution < -0.4 is 10.6 Å². The van der Waals surface area contributed by atoms with Gasteiger partial charge in [0.2, 0.25) is 0 Å². The fourth-order valence-corrected chi connectivity index (χ4v) is 3.29. The van der Waals surface area contributed by atoms with Gasteiger partial charge in [-0.15, -0.1) is 0 Å². The van der Waals surface area contributed by atoms with Gasteiger partial charge < -0.3 is 20.8 Å². The number of fused-ring (bicyclic) bond motifs is 1. The molecule has 0 saturated carbocycles. The number of carboxylic acids is 1. The zero-order chi connectivity index (χ0) is 15.5. The van der Waals surface area contributed by atoms with E-state index >= 15 is 0 Å². The van der Waals surface area contributed by atoms with Crippen LogP contribution in [0.2, 0.25) is 0 Å². The highest BCUT2D eigenvalue weighted by Gasteiger charge is 2.36. The first-order chi connectivity index (χ1) is 9.87. The van der Waals surface area contributed by atoms with E-state index in [0.29, 0.717) is 6.04 Å². The number of aliphatic hydroxyl groups is 1. The van der Waals surface area contributed by atoms with E-state index in [2.05, 4.69) is 15.5 Å². The second-order valence-electron chi connectivity index (χ2n) is 6.39. The maximum atomic E-state index is 11.9. The van der Waals surface area contributed by atoms with Crippen molar-refractivity contribution in [1.82, 2.24) is 15.5 Å². The predicted octanol–water partition coefficient (Wildman–Crippen LogP) is 0.138. The normalized spacial score (nSPS) is 28.5. The van der Waals surface area contributed by atoms with Gasteiger partial charge in [0.05, 0.1) is 12.0 Å². The van der Waals surface area contributed by atoms with Crippen molar-refractivity contribution >= 4 is 12.0 Å². The summed E-state index contributed by atoms with van der Waals surface area (Å²) in [6, 6.07) is 0.233. The maximum Gasteiger partial charge on any atom is 0.315 e. The van der Waals surface area contributed by atoms with Crippen LogP contribution in [-0.2, 0) is 4.79 Å². The number of urea groups is 1. The van der Waals surface area contributed by atoms with E-state index in [1.165, 1.54) is 19.8 Å². The Kier molecular flexibility index (Phi) is 5.05. The lowest BCUT2D eigenvalue weighted by Gasteiger charge is -2.32. The summed E-state index contributed by atoms with van der Waals surface area (Å²) in [4.78, 5) is 24.9. The molecule has 2 heterocycles. The quantitative estimate of drug-likeness (QED) is 0.578. The molecule has 7 nitrogen and oxygen atoms in total. The molecule has 0 aliphatic carbocycles. The van der Waals surface area contributed by atoms with Crippen molar-refractivity contribution in [3.05, 3.63) is 0 Å². The number of piperidine rings is 1. The Morgan fingerprint density at radius 1 is 1.29 bits per heavy atom. The summed E-state index contributed by atoms with van der Waals surface area (Å²) in [5.41, 5.74) is -1.43. The lowest BCUT2D eigenvalue weighted by atomic mass is 9.99. The van der Waals surface area contributed by atoms with Gasteiger partial charge in [0.1, 0.15) is 0 Å². The highest BCUT2D eigenvalue weighted by Crippen LogP contribution is 2.26. The number of carboxylic acid groups (broad SMARTS) is 1. The summed E-state index contributed by atoms with van der Waals surface area (Å²) in [7, 11) is 0. The van der Waals surface area contributed by atoms with Crippen molar-refractivity contribution in [1.29, 1.82) is 0 Å². The van der Waals surface area contributed by atoms with Crippen LogP contribution in [0.3, 0.4) is 0 Å². The molecule has 0 aromatic carbocycles. The SMILES string of the molecule is CC(O)(CNC(=O)NC1CCN2CCCCC12)CC(=O)O. The highest BCUT2D eigenvalue weighted by molar-refractivity contribution is 5.74. The molecule has 2 aliphatic rings. The van der Waals surface area contributed by atoms with Crippen molar-refractivity contribution in [2.45, 2.75) is 56.7 Å². The number of amides is 2. The average Bonchev–Trinajstić information content (AvgIpc) is 2.79. The van der Waals surface area contributed by atoms with Crippen LogP contribution in [-0.4, -0.2) is 64.4 Å². The van der Waals surface area contributed by atoms with Crippen molar-refractivity contribution < 1.29 is 19.8 Å². The Morgan fingerprint density at radius 2 is 2.05 bits per heavy atom. The Bertz CT molecular complexity index is 400. The third-order valence-corrected chi connectivity index (χ3v) is 4.33. The number of carbonyl (C=O) groups excluding carboxylic acids is 1. The summed E-state index contributed by atoms with van der Waals surface area (Å²) in [5.74, 6) is -1.09. The molecule has 4 N–H and O–H groups in total. The van der Waals surface area contributed by atoms with Crippen molar-refractivity contribution in [3.8, 4) is 0 Å². The fourth-order valence-electron chi connectivity index (χ4n) is 3.29. The number of nitrogens with zero attached hydrogens (tertiary/aromatic N) is 1. The van der Waals surface area contributed by atoms with Crippen LogP contribution in [0.15, 0.2) is 0 Å². The van der Waals surface area contributed by atoms with Crippen LogP contribution in [0.25, 0.3) is 0 Å². The van der Waals surface area contributed by atoms with Crippen LogP contribution in [0.1, 0.15) is 39.0 Å². The zero-order valence-electron chi connectivity index (χ0n) is 12.5. The third-order valence-electron chi connectivity index (χ3n) is 4.33. The minimum absolute atomic E-state index is 0.0771. The molecular formula is C14H25N3O4. The van der Waals surface area contributed by atoms with Gasteiger partial charge in [0.25, 0.3) is 0 Å². The predicted molar refractivity (Wildman–Crippen MR) is 77.0 cm³/mol. The van der Waals surface area contributed by atoms with E-state index in [0.717, 1.165) is 25.9 Å². The molecular weight excluding hydrogens is 274 g/mol. The van der Waals surface area contributed by atoms with Gasteiger partial charge in [-0.25, -0.2) is 4.79 Å². The Labute approximate surface area is 124 Å². The minimum atomic E-state index is -1.43. The number of carbonyl (C=O) groups is 2.